The van der Waals surface area contributed by atoms with Crippen molar-refractivity contribution >= 4 is 27.5 Å². The standard InChI is InChI=1S/C17H13BrFN3O2/c18-10-4-5-11(12(19)6-10)13-8-16-20-14(17(23)24)7-15(22(16)21-13)9-2-1-3-9/h4-9H,1-3H2,(H,23,24). The van der Waals surface area contributed by atoms with Crippen molar-refractivity contribution in [3.63, 3.8) is 0 Å². The summed E-state index contributed by atoms with van der Waals surface area (Å²) in [5, 5.41) is 13.8. The second-order valence-electron chi connectivity index (χ2n) is 5.92. The summed E-state index contributed by atoms with van der Waals surface area (Å²) in [5.74, 6) is -1.19. The Labute approximate surface area is 145 Å². The van der Waals surface area contributed by atoms with Crippen LogP contribution in [-0.2, 0) is 0 Å². The van der Waals surface area contributed by atoms with E-state index in [9.17, 15) is 14.3 Å². The van der Waals surface area contributed by atoms with Gasteiger partial charge in [-0.05, 0) is 37.1 Å². The summed E-state index contributed by atoms with van der Waals surface area (Å²) in [4.78, 5) is 15.5. The van der Waals surface area contributed by atoms with Crippen molar-refractivity contribution in [1.29, 1.82) is 0 Å². The molecule has 5 nitrogen and oxygen atoms in total. The Balaban J connectivity index is 1.91. The first-order valence-electron chi connectivity index (χ1n) is 7.62. The van der Waals surface area contributed by atoms with Crippen LogP contribution < -0.4 is 0 Å². The van der Waals surface area contributed by atoms with Gasteiger partial charge in [-0.2, -0.15) is 5.10 Å². The Morgan fingerprint density at radius 3 is 2.71 bits per heavy atom. The lowest BCUT2D eigenvalue weighted by atomic mass is 9.82. The topological polar surface area (TPSA) is 67.5 Å². The first-order valence-corrected chi connectivity index (χ1v) is 8.41. The molecule has 0 bridgehead atoms. The number of carbonyl (C=O) groups is 1. The third-order valence-electron chi connectivity index (χ3n) is 4.40. The van der Waals surface area contributed by atoms with Crippen LogP contribution in [0.5, 0.6) is 0 Å². The van der Waals surface area contributed by atoms with E-state index < -0.39 is 11.8 Å². The van der Waals surface area contributed by atoms with Crippen LogP contribution in [0.1, 0.15) is 41.4 Å². The van der Waals surface area contributed by atoms with Crippen LogP contribution in [0.25, 0.3) is 16.9 Å². The highest BCUT2D eigenvalue weighted by Crippen LogP contribution is 2.37. The Kier molecular flexibility index (Phi) is 3.60. The van der Waals surface area contributed by atoms with Crippen molar-refractivity contribution in [3.05, 3.63) is 52.0 Å². The van der Waals surface area contributed by atoms with Crippen LogP contribution in [0.2, 0.25) is 0 Å². The predicted octanol–water partition coefficient (Wildman–Crippen LogP) is 4.26. The van der Waals surface area contributed by atoms with Crippen LogP contribution in [-0.4, -0.2) is 25.7 Å². The van der Waals surface area contributed by atoms with E-state index >= 15 is 0 Å². The number of hydrogen-bond donors (Lipinski definition) is 1. The molecule has 0 amide bonds. The summed E-state index contributed by atoms with van der Waals surface area (Å²) in [6, 6.07) is 7.96. The van der Waals surface area contributed by atoms with E-state index in [0.717, 1.165) is 25.0 Å². The maximum Gasteiger partial charge on any atom is 0.354 e. The molecule has 3 aromatic rings. The second kappa shape index (κ2) is 5.66. The van der Waals surface area contributed by atoms with Crippen molar-refractivity contribution in [2.75, 3.05) is 0 Å². The van der Waals surface area contributed by atoms with Crippen LogP contribution in [0.4, 0.5) is 4.39 Å². The Bertz CT molecular complexity index is 966. The zero-order valence-corrected chi connectivity index (χ0v) is 14.1. The number of fused-ring (bicyclic) bond motifs is 1. The molecule has 1 aliphatic rings. The van der Waals surface area contributed by atoms with E-state index in [0.29, 0.717) is 21.4 Å². The molecule has 1 fully saturated rings. The normalized spacial score (nSPS) is 14.8. The van der Waals surface area contributed by atoms with Gasteiger partial charge in [0.15, 0.2) is 11.3 Å². The molecule has 1 aromatic carbocycles. The molecule has 0 unspecified atom stereocenters. The van der Waals surface area contributed by atoms with Gasteiger partial charge in [-0.1, -0.05) is 22.4 Å². The molecule has 1 N–H and O–H groups in total. The average Bonchev–Trinajstić information content (AvgIpc) is 2.89. The highest BCUT2D eigenvalue weighted by molar-refractivity contribution is 9.10. The zero-order valence-electron chi connectivity index (χ0n) is 12.5. The number of carboxylic acid groups (broad SMARTS) is 1. The van der Waals surface area contributed by atoms with E-state index in [-0.39, 0.29) is 11.6 Å². The lowest BCUT2D eigenvalue weighted by Gasteiger charge is -2.26. The maximum absolute atomic E-state index is 14.2. The van der Waals surface area contributed by atoms with Gasteiger partial charge in [0.05, 0.1) is 5.69 Å². The van der Waals surface area contributed by atoms with Gasteiger partial charge in [0.25, 0.3) is 0 Å². The van der Waals surface area contributed by atoms with Crippen molar-refractivity contribution < 1.29 is 14.3 Å². The van der Waals surface area contributed by atoms with Crippen LogP contribution in [0.15, 0.2) is 34.8 Å². The number of halogens is 2. The van der Waals surface area contributed by atoms with E-state index in [4.69, 9.17) is 0 Å². The third-order valence-corrected chi connectivity index (χ3v) is 4.90. The minimum absolute atomic E-state index is 0.00729. The number of benzene rings is 1. The molecular formula is C17H13BrFN3O2. The largest absolute Gasteiger partial charge is 0.477 e. The SMILES string of the molecule is O=C(O)c1cc(C2CCC2)n2nc(-c3ccc(Br)cc3F)cc2n1. The molecule has 0 saturated heterocycles. The third kappa shape index (κ3) is 2.49. The summed E-state index contributed by atoms with van der Waals surface area (Å²) < 4.78 is 16.5. The lowest BCUT2D eigenvalue weighted by Crippen LogP contribution is -2.16. The fourth-order valence-electron chi connectivity index (χ4n) is 2.93. The number of rotatable bonds is 3. The molecule has 0 atom stereocenters. The van der Waals surface area contributed by atoms with Crippen molar-refractivity contribution in [3.8, 4) is 11.3 Å². The van der Waals surface area contributed by atoms with E-state index in [1.165, 1.54) is 6.07 Å². The molecule has 7 heteroatoms. The monoisotopic (exact) mass is 389 g/mol. The zero-order chi connectivity index (χ0) is 16.8. The van der Waals surface area contributed by atoms with Gasteiger partial charge in [-0.3, -0.25) is 0 Å². The minimum Gasteiger partial charge on any atom is -0.477 e. The molecule has 4 rings (SSSR count). The van der Waals surface area contributed by atoms with Crippen LogP contribution in [0, 0.1) is 5.82 Å². The summed E-state index contributed by atoms with van der Waals surface area (Å²) >= 11 is 3.23. The quantitative estimate of drug-likeness (QED) is 0.726. The molecular weight excluding hydrogens is 377 g/mol. The van der Waals surface area contributed by atoms with Crippen molar-refractivity contribution in [1.82, 2.24) is 14.6 Å². The first kappa shape index (κ1) is 15.3. The van der Waals surface area contributed by atoms with Gasteiger partial charge >= 0.3 is 5.97 Å². The van der Waals surface area contributed by atoms with Crippen molar-refractivity contribution in [2.24, 2.45) is 0 Å². The number of hydrogen-bond acceptors (Lipinski definition) is 3. The van der Waals surface area contributed by atoms with Crippen LogP contribution in [0.3, 0.4) is 0 Å². The number of aromatic carboxylic acids is 1. The summed E-state index contributed by atoms with van der Waals surface area (Å²) in [6.07, 6.45) is 3.12. The van der Waals surface area contributed by atoms with Gasteiger partial charge in [0.2, 0.25) is 0 Å². The van der Waals surface area contributed by atoms with Gasteiger partial charge in [-0.15, -0.1) is 0 Å². The lowest BCUT2D eigenvalue weighted by molar-refractivity contribution is 0.0690. The number of aromatic nitrogens is 3. The molecule has 0 spiro atoms. The average molecular weight is 390 g/mol. The summed E-state index contributed by atoms with van der Waals surface area (Å²) in [6.45, 7) is 0. The molecule has 122 valence electrons. The van der Waals surface area contributed by atoms with Crippen molar-refractivity contribution in [2.45, 2.75) is 25.2 Å². The van der Waals surface area contributed by atoms with E-state index in [1.54, 1.807) is 28.8 Å². The Morgan fingerprint density at radius 2 is 2.08 bits per heavy atom. The summed E-state index contributed by atoms with van der Waals surface area (Å²) in [5.41, 5.74) is 2.05. The molecule has 2 heterocycles. The smallest absolute Gasteiger partial charge is 0.354 e. The van der Waals surface area contributed by atoms with Crippen LogP contribution >= 0.6 is 15.9 Å². The van der Waals surface area contributed by atoms with E-state index in [2.05, 4.69) is 26.0 Å². The summed E-state index contributed by atoms with van der Waals surface area (Å²) in [7, 11) is 0. The molecule has 24 heavy (non-hydrogen) atoms. The molecule has 0 aliphatic heterocycles. The van der Waals surface area contributed by atoms with Gasteiger partial charge in [0.1, 0.15) is 5.82 Å². The fraction of sp³-hybridized carbons (Fsp3) is 0.235. The predicted molar refractivity (Wildman–Crippen MR) is 89.6 cm³/mol. The fourth-order valence-corrected chi connectivity index (χ4v) is 3.26. The highest BCUT2D eigenvalue weighted by atomic mass is 79.9. The van der Waals surface area contributed by atoms with Gasteiger partial charge in [-0.25, -0.2) is 18.7 Å². The number of nitrogens with zero attached hydrogens (tertiary/aromatic N) is 3. The minimum atomic E-state index is -1.07. The van der Waals surface area contributed by atoms with Gasteiger partial charge < -0.3 is 5.11 Å². The second-order valence-corrected chi connectivity index (χ2v) is 6.84. The Hall–Kier alpha value is -2.28. The molecule has 0 radical (unpaired) electrons. The van der Waals surface area contributed by atoms with Gasteiger partial charge in [0, 0.05) is 27.7 Å². The highest BCUT2D eigenvalue weighted by Gasteiger charge is 2.25. The number of carboxylic acids is 1. The molecule has 1 saturated carbocycles. The van der Waals surface area contributed by atoms with E-state index in [1.807, 2.05) is 0 Å². The molecule has 1 aliphatic carbocycles. The molecule has 2 aromatic heterocycles. The maximum atomic E-state index is 14.2. The first-order chi connectivity index (χ1) is 11.5. The Morgan fingerprint density at radius 1 is 1.29 bits per heavy atom.